The summed E-state index contributed by atoms with van der Waals surface area (Å²) in [5.74, 6) is -0.368. The first-order valence-electron chi connectivity index (χ1n) is 11.0. The first-order valence-corrected chi connectivity index (χ1v) is 11.4. The summed E-state index contributed by atoms with van der Waals surface area (Å²) in [6, 6.07) is 23.6. The van der Waals surface area contributed by atoms with Crippen molar-refractivity contribution in [1.82, 2.24) is 9.36 Å². The Kier molecular flexibility index (Phi) is 6.89. The molecule has 1 N–H and O–H groups in total. The van der Waals surface area contributed by atoms with E-state index in [2.05, 4.69) is 5.32 Å². The maximum Gasteiger partial charge on any atom is 0.338 e. The number of carbonyl (C=O) groups is 1. The molecule has 0 aliphatic carbocycles. The lowest BCUT2D eigenvalue weighted by Gasteiger charge is -2.20. The van der Waals surface area contributed by atoms with Crippen LogP contribution in [-0.2, 0) is 11.8 Å². The minimum atomic E-state index is -0.436. The van der Waals surface area contributed by atoms with E-state index in [0.717, 1.165) is 22.6 Å². The van der Waals surface area contributed by atoms with Gasteiger partial charge in [0.1, 0.15) is 0 Å². The number of anilines is 1. The van der Waals surface area contributed by atoms with Crippen LogP contribution in [0.3, 0.4) is 0 Å². The Hall–Kier alpha value is -3.77. The second kappa shape index (κ2) is 10.0. The number of halogens is 1. The highest BCUT2D eigenvalue weighted by molar-refractivity contribution is 6.30. The predicted octanol–water partition coefficient (Wildman–Crippen LogP) is 5.52. The highest BCUT2D eigenvalue weighted by Gasteiger charge is 2.25. The van der Waals surface area contributed by atoms with Crippen molar-refractivity contribution >= 4 is 23.3 Å². The van der Waals surface area contributed by atoms with E-state index in [-0.39, 0.29) is 11.5 Å². The molecule has 0 aliphatic heterocycles. The van der Waals surface area contributed by atoms with E-state index in [1.807, 2.05) is 85.4 Å². The smallest absolute Gasteiger partial charge is 0.338 e. The number of esters is 1. The summed E-state index contributed by atoms with van der Waals surface area (Å²) in [7, 11) is 1.88. The third kappa shape index (κ3) is 4.63. The van der Waals surface area contributed by atoms with Gasteiger partial charge in [-0.3, -0.25) is 9.48 Å². The molecule has 174 valence electrons. The molecule has 0 spiro atoms. The van der Waals surface area contributed by atoms with Gasteiger partial charge in [-0.25, -0.2) is 9.48 Å². The van der Waals surface area contributed by atoms with Gasteiger partial charge >= 0.3 is 5.97 Å². The topological polar surface area (TPSA) is 65.3 Å². The molecule has 7 heteroatoms. The van der Waals surface area contributed by atoms with Gasteiger partial charge in [-0.05, 0) is 67.9 Å². The van der Waals surface area contributed by atoms with Crippen molar-refractivity contribution in [3.05, 3.63) is 117 Å². The van der Waals surface area contributed by atoms with E-state index in [1.165, 1.54) is 0 Å². The summed E-state index contributed by atoms with van der Waals surface area (Å²) in [6.45, 7) is 4.03. The molecular weight excluding hydrogens is 450 g/mol. The number of carbonyl (C=O) groups excluding carboxylic acids is 1. The number of benzene rings is 3. The normalized spacial score (nSPS) is 11.8. The van der Waals surface area contributed by atoms with Crippen LogP contribution in [-0.4, -0.2) is 21.9 Å². The zero-order valence-electron chi connectivity index (χ0n) is 19.3. The SMILES string of the molecule is CCOC(=O)c1ccc(NC(c2ccc(Cl)cc2)c2c(C)n(C)n(-c3ccccc3)c2=O)cc1. The molecule has 3 aromatic carbocycles. The molecule has 4 rings (SSSR count). The number of rotatable bonds is 7. The Morgan fingerprint density at radius 1 is 1.00 bits per heavy atom. The molecule has 0 bridgehead atoms. The van der Waals surface area contributed by atoms with Gasteiger partial charge in [-0.2, -0.15) is 0 Å². The maximum absolute atomic E-state index is 13.7. The molecular formula is C27H26ClN3O3. The number of nitrogens with one attached hydrogen (secondary N) is 1. The van der Waals surface area contributed by atoms with Crippen LogP contribution in [0.4, 0.5) is 5.69 Å². The van der Waals surface area contributed by atoms with Crippen LogP contribution in [0, 0.1) is 6.92 Å². The first kappa shape index (κ1) is 23.4. The van der Waals surface area contributed by atoms with E-state index >= 15 is 0 Å². The van der Waals surface area contributed by atoms with Gasteiger partial charge in [0.15, 0.2) is 0 Å². The lowest BCUT2D eigenvalue weighted by atomic mass is 9.98. The van der Waals surface area contributed by atoms with Crippen molar-refractivity contribution < 1.29 is 9.53 Å². The second-order valence-electron chi connectivity index (χ2n) is 7.90. The average Bonchev–Trinajstić information content (AvgIpc) is 3.07. The molecule has 34 heavy (non-hydrogen) atoms. The van der Waals surface area contributed by atoms with Gasteiger partial charge < -0.3 is 10.1 Å². The van der Waals surface area contributed by atoms with E-state index in [4.69, 9.17) is 16.3 Å². The van der Waals surface area contributed by atoms with Gasteiger partial charge in [-0.1, -0.05) is 41.9 Å². The predicted molar refractivity (Wildman–Crippen MR) is 135 cm³/mol. The second-order valence-corrected chi connectivity index (χ2v) is 8.34. The fourth-order valence-electron chi connectivity index (χ4n) is 3.98. The molecule has 6 nitrogen and oxygen atoms in total. The number of nitrogens with zero attached hydrogens (tertiary/aromatic N) is 2. The van der Waals surface area contributed by atoms with Gasteiger partial charge in [0.05, 0.1) is 29.5 Å². The van der Waals surface area contributed by atoms with Crippen molar-refractivity contribution in [1.29, 1.82) is 0 Å². The van der Waals surface area contributed by atoms with Crippen molar-refractivity contribution in [3.8, 4) is 5.69 Å². The fraction of sp³-hybridized carbons (Fsp3) is 0.185. The Morgan fingerprint density at radius 3 is 2.26 bits per heavy atom. The zero-order chi connectivity index (χ0) is 24.2. The third-order valence-corrected chi connectivity index (χ3v) is 6.05. The van der Waals surface area contributed by atoms with Crippen LogP contribution >= 0.6 is 11.6 Å². The molecule has 4 aromatic rings. The zero-order valence-corrected chi connectivity index (χ0v) is 20.0. The van der Waals surface area contributed by atoms with Gasteiger partial charge in [-0.15, -0.1) is 0 Å². The van der Waals surface area contributed by atoms with Crippen LogP contribution in [0.2, 0.25) is 5.02 Å². The van der Waals surface area contributed by atoms with Crippen LogP contribution in [0.1, 0.15) is 40.1 Å². The number of ether oxygens (including phenoxy) is 1. The van der Waals surface area contributed by atoms with E-state index in [9.17, 15) is 9.59 Å². The Balaban J connectivity index is 1.79. The molecule has 1 heterocycles. The molecule has 0 fully saturated rings. The van der Waals surface area contributed by atoms with E-state index in [0.29, 0.717) is 22.8 Å². The number of hydrogen-bond donors (Lipinski definition) is 1. The molecule has 0 radical (unpaired) electrons. The highest BCUT2D eigenvalue weighted by Crippen LogP contribution is 2.29. The van der Waals surface area contributed by atoms with Crippen LogP contribution in [0.15, 0.2) is 83.7 Å². The molecule has 0 saturated carbocycles. The van der Waals surface area contributed by atoms with Crippen molar-refractivity contribution in [2.75, 3.05) is 11.9 Å². The average molecular weight is 476 g/mol. The van der Waals surface area contributed by atoms with Crippen molar-refractivity contribution in [2.45, 2.75) is 19.9 Å². The molecule has 1 atom stereocenters. The number of aromatic nitrogens is 2. The summed E-state index contributed by atoms with van der Waals surface area (Å²) in [5.41, 5.74) is 4.27. The summed E-state index contributed by atoms with van der Waals surface area (Å²) in [5, 5.41) is 4.10. The molecule has 0 saturated heterocycles. The highest BCUT2D eigenvalue weighted by atomic mass is 35.5. The van der Waals surface area contributed by atoms with Gasteiger partial charge in [0, 0.05) is 23.5 Å². The molecule has 1 unspecified atom stereocenters. The Bertz CT molecular complexity index is 1340. The minimum Gasteiger partial charge on any atom is -0.462 e. The quantitative estimate of drug-likeness (QED) is 0.358. The summed E-state index contributed by atoms with van der Waals surface area (Å²) < 4.78 is 8.60. The lowest BCUT2D eigenvalue weighted by Crippen LogP contribution is -2.24. The van der Waals surface area contributed by atoms with E-state index < -0.39 is 6.04 Å². The van der Waals surface area contributed by atoms with Gasteiger partial charge in [0.25, 0.3) is 5.56 Å². The summed E-state index contributed by atoms with van der Waals surface area (Å²) in [4.78, 5) is 25.7. The summed E-state index contributed by atoms with van der Waals surface area (Å²) >= 11 is 6.13. The molecule has 0 amide bonds. The molecule has 1 aromatic heterocycles. The standard InChI is InChI=1S/C27H26ClN3O3/c1-4-34-27(33)20-12-16-22(17-13-20)29-25(19-10-14-21(28)15-11-19)24-18(2)30(3)31(26(24)32)23-8-6-5-7-9-23/h5-17,25,29H,4H2,1-3H3. The third-order valence-electron chi connectivity index (χ3n) is 5.80. The first-order chi connectivity index (χ1) is 16.4. The molecule has 0 aliphatic rings. The Morgan fingerprint density at radius 2 is 1.65 bits per heavy atom. The van der Waals surface area contributed by atoms with Gasteiger partial charge in [0.2, 0.25) is 0 Å². The number of para-hydroxylation sites is 1. The van der Waals surface area contributed by atoms with Crippen molar-refractivity contribution in [2.24, 2.45) is 7.05 Å². The minimum absolute atomic E-state index is 0.109. The summed E-state index contributed by atoms with van der Waals surface area (Å²) in [6.07, 6.45) is 0. The lowest BCUT2D eigenvalue weighted by molar-refractivity contribution is 0.0526. The number of hydrogen-bond acceptors (Lipinski definition) is 4. The van der Waals surface area contributed by atoms with E-state index in [1.54, 1.807) is 23.7 Å². The van der Waals surface area contributed by atoms with Crippen molar-refractivity contribution in [3.63, 3.8) is 0 Å². The maximum atomic E-state index is 13.7. The van der Waals surface area contributed by atoms with Crippen LogP contribution in [0.5, 0.6) is 0 Å². The largest absolute Gasteiger partial charge is 0.462 e. The fourth-order valence-corrected chi connectivity index (χ4v) is 4.11. The monoisotopic (exact) mass is 475 g/mol. The Labute approximate surface area is 203 Å². The van der Waals surface area contributed by atoms with Crippen LogP contribution in [0.25, 0.3) is 5.69 Å². The van der Waals surface area contributed by atoms with Crippen LogP contribution < -0.4 is 10.9 Å².